The largest absolute Gasteiger partial charge is 0.454 e. The number of rotatable bonds is 3. The second kappa shape index (κ2) is 5.55. The molecule has 2 aromatic heterocycles. The van der Waals surface area contributed by atoms with Crippen LogP contribution in [0.1, 0.15) is 17.8 Å². The van der Waals surface area contributed by atoms with Crippen molar-refractivity contribution < 1.29 is 31.4 Å². The van der Waals surface area contributed by atoms with Gasteiger partial charge in [-0.3, -0.25) is 4.40 Å². The lowest BCUT2D eigenvalue weighted by Gasteiger charge is -2.14. The van der Waals surface area contributed by atoms with Gasteiger partial charge in [0.05, 0.1) is 0 Å². The van der Waals surface area contributed by atoms with Gasteiger partial charge in [0, 0.05) is 25.0 Å². The minimum atomic E-state index is -4.72. The molecule has 0 saturated heterocycles. The Morgan fingerprint density at radius 1 is 1.11 bits per heavy atom. The molecule has 0 bridgehead atoms. The Bertz CT molecular complexity index is 1090. The fourth-order valence-electron chi connectivity index (χ4n) is 3.44. The van der Waals surface area contributed by atoms with Crippen molar-refractivity contribution in [1.29, 1.82) is 0 Å². The highest BCUT2D eigenvalue weighted by Crippen LogP contribution is 2.50. The number of benzene rings is 1. The Balaban J connectivity index is 1.64. The van der Waals surface area contributed by atoms with E-state index >= 15 is 0 Å². The Labute approximate surface area is 154 Å². The van der Waals surface area contributed by atoms with Gasteiger partial charge in [0.2, 0.25) is 6.79 Å². The zero-order valence-electron chi connectivity index (χ0n) is 14.1. The van der Waals surface area contributed by atoms with Crippen LogP contribution in [0.25, 0.3) is 16.8 Å². The number of alkyl halides is 5. The highest BCUT2D eigenvalue weighted by Gasteiger charge is 2.57. The van der Waals surface area contributed by atoms with E-state index in [1.165, 1.54) is 30.5 Å². The van der Waals surface area contributed by atoms with E-state index in [0.29, 0.717) is 11.5 Å². The van der Waals surface area contributed by atoms with E-state index in [0.717, 1.165) is 4.40 Å². The molecule has 1 fully saturated rings. The SMILES string of the molecule is FC(F)(F)c1c(-c2ccc3c(c2)OCO3)ccn2c(C[C@@H]3CC3(F)F)nnc12. The maximum absolute atomic E-state index is 13.9. The summed E-state index contributed by atoms with van der Waals surface area (Å²) in [6, 6.07) is 5.78. The fourth-order valence-corrected chi connectivity index (χ4v) is 3.44. The third-order valence-electron chi connectivity index (χ3n) is 5.00. The summed E-state index contributed by atoms with van der Waals surface area (Å²) in [5, 5.41) is 7.41. The fraction of sp³-hybridized carbons (Fsp3) is 0.333. The molecule has 1 atom stereocenters. The average molecular weight is 397 g/mol. The highest BCUT2D eigenvalue weighted by atomic mass is 19.4. The molecule has 10 heteroatoms. The number of pyridine rings is 1. The van der Waals surface area contributed by atoms with Crippen LogP contribution in [0.2, 0.25) is 0 Å². The Kier molecular flexibility index (Phi) is 3.41. The molecule has 3 heterocycles. The first-order valence-electron chi connectivity index (χ1n) is 8.46. The van der Waals surface area contributed by atoms with Crippen molar-refractivity contribution in [2.45, 2.75) is 24.9 Å². The maximum Gasteiger partial charge on any atom is 0.420 e. The van der Waals surface area contributed by atoms with Crippen LogP contribution in [0, 0.1) is 5.92 Å². The summed E-state index contributed by atoms with van der Waals surface area (Å²) in [6.07, 6.45) is -3.76. The van der Waals surface area contributed by atoms with E-state index in [2.05, 4.69) is 10.2 Å². The number of nitrogens with zero attached hydrogens (tertiary/aromatic N) is 3. The molecule has 0 N–H and O–H groups in total. The second-order valence-corrected chi connectivity index (χ2v) is 6.85. The summed E-state index contributed by atoms with van der Waals surface area (Å²) in [6.45, 7) is 0.00326. The van der Waals surface area contributed by atoms with Gasteiger partial charge in [-0.05, 0) is 29.3 Å². The van der Waals surface area contributed by atoms with Crippen molar-refractivity contribution in [3.8, 4) is 22.6 Å². The number of ether oxygens (including phenoxy) is 2. The van der Waals surface area contributed by atoms with Gasteiger partial charge in [-0.2, -0.15) is 13.2 Å². The Hall–Kier alpha value is -2.91. The third kappa shape index (κ3) is 2.66. The van der Waals surface area contributed by atoms with Gasteiger partial charge in [0.15, 0.2) is 17.1 Å². The molecule has 0 radical (unpaired) electrons. The molecule has 146 valence electrons. The van der Waals surface area contributed by atoms with Crippen LogP contribution in [-0.2, 0) is 12.6 Å². The molecule has 5 nitrogen and oxygen atoms in total. The first-order valence-corrected chi connectivity index (χ1v) is 8.46. The maximum atomic E-state index is 13.9. The Morgan fingerprint density at radius 3 is 2.57 bits per heavy atom. The zero-order valence-corrected chi connectivity index (χ0v) is 14.1. The summed E-state index contributed by atoms with van der Waals surface area (Å²) in [7, 11) is 0. The minimum Gasteiger partial charge on any atom is -0.454 e. The first kappa shape index (κ1) is 17.2. The standard InChI is InChI=1S/C18H12F5N3O2/c19-17(20)7-10(17)6-14-24-25-16-15(18(21,22)23)11(3-4-26(14)16)9-1-2-12-13(5-9)28-8-27-12/h1-5,10H,6-8H2/t10-/m1/s1. The molecule has 1 aliphatic heterocycles. The van der Waals surface area contributed by atoms with Crippen molar-refractivity contribution in [2.24, 2.45) is 5.92 Å². The molecule has 1 saturated carbocycles. The van der Waals surface area contributed by atoms with Gasteiger partial charge in [0.1, 0.15) is 11.4 Å². The topological polar surface area (TPSA) is 48.7 Å². The van der Waals surface area contributed by atoms with Gasteiger partial charge in [-0.25, -0.2) is 8.78 Å². The van der Waals surface area contributed by atoms with Crippen molar-refractivity contribution in [3.63, 3.8) is 0 Å². The van der Waals surface area contributed by atoms with E-state index in [9.17, 15) is 22.0 Å². The van der Waals surface area contributed by atoms with E-state index < -0.39 is 29.2 Å². The third-order valence-corrected chi connectivity index (χ3v) is 5.00. The lowest BCUT2D eigenvalue weighted by molar-refractivity contribution is -0.136. The van der Waals surface area contributed by atoms with Crippen molar-refractivity contribution >= 4 is 5.65 Å². The van der Waals surface area contributed by atoms with Gasteiger partial charge in [-0.15, -0.1) is 10.2 Å². The van der Waals surface area contributed by atoms with Gasteiger partial charge in [0.25, 0.3) is 5.92 Å². The van der Waals surface area contributed by atoms with Crippen molar-refractivity contribution in [1.82, 2.24) is 14.6 Å². The number of aromatic nitrogens is 3. The Morgan fingerprint density at radius 2 is 1.86 bits per heavy atom. The molecule has 0 unspecified atom stereocenters. The molecule has 5 rings (SSSR count). The molecule has 1 aromatic carbocycles. The lowest BCUT2D eigenvalue weighted by Crippen LogP contribution is -2.11. The van der Waals surface area contributed by atoms with E-state index in [4.69, 9.17) is 9.47 Å². The molecule has 1 aliphatic carbocycles. The van der Waals surface area contributed by atoms with Gasteiger partial charge < -0.3 is 9.47 Å². The summed E-state index contributed by atoms with van der Waals surface area (Å²) in [5.74, 6) is -2.81. The normalized spacial score (nSPS) is 20.0. The number of hydrogen-bond donors (Lipinski definition) is 0. The molecule has 28 heavy (non-hydrogen) atoms. The minimum absolute atomic E-state index is 0.00326. The number of hydrogen-bond acceptors (Lipinski definition) is 4. The monoisotopic (exact) mass is 397 g/mol. The predicted octanol–water partition coefficient (Wildman–Crippen LogP) is 4.34. The van der Waals surface area contributed by atoms with Crippen molar-refractivity contribution in [2.75, 3.05) is 6.79 Å². The van der Waals surface area contributed by atoms with Crippen LogP contribution in [0.3, 0.4) is 0 Å². The van der Waals surface area contributed by atoms with E-state index in [1.54, 1.807) is 0 Å². The van der Waals surface area contributed by atoms with Crippen LogP contribution in [-0.4, -0.2) is 27.3 Å². The first-order chi connectivity index (χ1) is 13.2. The van der Waals surface area contributed by atoms with E-state index in [1.807, 2.05) is 0 Å². The molecule has 0 spiro atoms. The van der Waals surface area contributed by atoms with Crippen LogP contribution >= 0.6 is 0 Å². The molecule has 0 amide bonds. The highest BCUT2D eigenvalue weighted by molar-refractivity contribution is 5.76. The zero-order chi connectivity index (χ0) is 19.7. The number of halogens is 5. The van der Waals surface area contributed by atoms with Crippen LogP contribution < -0.4 is 9.47 Å². The molecular weight excluding hydrogens is 385 g/mol. The van der Waals surface area contributed by atoms with Crippen molar-refractivity contribution in [3.05, 3.63) is 41.9 Å². The van der Waals surface area contributed by atoms with Gasteiger partial charge >= 0.3 is 6.18 Å². The molecule has 3 aromatic rings. The van der Waals surface area contributed by atoms with Gasteiger partial charge in [-0.1, -0.05) is 6.07 Å². The lowest BCUT2D eigenvalue weighted by atomic mass is 10.00. The quantitative estimate of drug-likeness (QED) is 0.617. The summed E-state index contributed by atoms with van der Waals surface area (Å²) in [4.78, 5) is 0. The second-order valence-electron chi connectivity index (χ2n) is 6.85. The summed E-state index contributed by atoms with van der Waals surface area (Å²) < 4.78 is 79.6. The van der Waals surface area contributed by atoms with Crippen LogP contribution in [0.5, 0.6) is 11.5 Å². The summed E-state index contributed by atoms with van der Waals surface area (Å²) >= 11 is 0. The van der Waals surface area contributed by atoms with Crippen LogP contribution in [0.15, 0.2) is 30.5 Å². The smallest absolute Gasteiger partial charge is 0.420 e. The molecular formula is C18H12F5N3O2. The number of fused-ring (bicyclic) bond motifs is 2. The summed E-state index contributed by atoms with van der Waals surface area (Å²) in [5.41, 5.74) is -1.22. The molecule has 2 aliphatic rings. The van der Waals surface area contributed by atoms with E-state index in [-0.39, 0.29) is 36.6 Å². The average Bonchev–Trinajstić information content (AvgIpc) is 3.01. The van der Waals surface area contributed by atoms with Crippen LogP contribution in [0.4, 0.5) is 22.0 Å². The predicted molar refractivity (Wildman–Crippen MR) is 86.3 cm³/mol.